The van der Waals surface area contributed by atoms with Gasteiger partial charge in [-0.15, -0.1) is 11.3 Å². The molecule has 0 radical (unpaired) electrons. The van der Waals surface area contributed by atoms with Crippen LogP contribution in [0.3, 0.4) is 0 Å². The van der Waals surface area contributed by atoms with E-state index in [1.54, 1.807) is 30.3 Å². The summed E-state index contributed by atoms with van der Waals surface area (Å²) in [6.45, 7) is 0. The molecule has 2 N–H and O–H groups in total. The molecule has 0 fully saturated rings. The van der Waals surface area contributed by atoms with Crippen LogP contribution in [0, 0.1) is 0 Å². The second kappa shape index (κ2) is 8.63. The third-order valence-corrected chi connectivity index (χ3v) is 6.03. The lowest BCUT2D eigenvalue weighted by atomic mass is 10.1. The molecule has 138 valence electrons. The molecule has 3 aromatic rings. The Kier molecular flexibility index (Phi) is 6.44. The van der Waals surface area contributed by atoms with Gasteiger partial charge in [0.1, 0.15) is 0 Å². The third kappa shape index (κ3) is 4.83. The first-order valence-corrected chi connectivity index (χ1v) is 10.2. The molecule has 4 nitrogen and oxygen atoms in total. The first-order valence-electron chi connectivity index (χ1n) is 7.47. The minimum atomic E-state index is -0.723. The Hall–Kier alpha value is -1.57. The molecule has 0 spiro atoms. The largest absolute Gasteiger partial charge is 0.326 e. The van der Waals surface area contributed by atoms with Gasteiger partial charge in [-0.3, -0.25) is 10.1 Å². The highest BCUT2D eigenvalue weighted by Crippen LogP contribution is 2.41. The molecule has 0 unspecified atom stereocenters. The quantitative estimate of drug-likeness (QED) is 0.400. The molecule has 2 aromatic carbocycles. The van der Waals surface area contributed by atoms with Crippen LogP contribution in [0.15, 0.2) is 52.3 Å². The molecule has 0 aliphatic carbocycles. The molecule has 0 saturated carbocycles. The topological polar surface area (TPSA) is 58.2 Å². The van der Waals surface area contributed by atoms with Gasteiger partial charge >= 0.3 is 6.03 Å². The lowest BCUT2D eigenvalue weighted by Crippen LogP contribution is -2.34. The number of carbonyl (C=O) groups is 2. The number of benzene rings is 2. The molecule has 3 amide bonds. The van der Waals surface area contributed by atoms with E-state index in [-0.39, 0.29) is 10.6 Å². The minimum absolute atomic E-state index is 0.198. The second-order valence-electron chi connectivity index (χ2n) is 5.31. The Morgan fingerprint density at radius 2 is 1.59 bits per heavy atom. The predicted octanol–water partition coefficient (Wildman–Crippen LogP) is 7.10. The van der Waals surface area contributed by atoms with Gasteiger partial charge < -0.3 is 5.32 Å². The summed E-state index contributed by atoms with van der Waals surface area (Å²) in [5.74, 6) is -0.615. The SMILES string of the molecule is O=C(NC(=O)c1ccccc1Cl)Nc1cc(Cl)c(-c2ccc(Br)s2)c(Cl)c1. The zero-order valence-electron chi connectivity index (χ0n) is 13.4. The number of carbonyl (C=O) groups excluding carboxylic acids is 2. The highest BCUT2D eigenvalue weighted by Gasteiger charge is 2.16. The van der Waals surface area contributed by atoms with Crippen LogP contribution in [0.5, 0.6) is 0 Å². The van der Waals surface area contributed by atoms with Gasteiger partial charge in [-0.2, -0.15) is 0 Å². The van der Waals surface area contributed by atoms with E-state index in [1.807, 2.05) is 12.1 Å². The zero-order valence-corrected chi connectivity index (χ0v) is 18.0. The molecule has 27 heavy (non-hydrogen) atoms. The van der Waals surface area contributed by atoms with Gasteiger partial charge in [-0.1, -0.05) is 46.9 Å². The lowest BCUT2D eigenvalue weighted by Gasteiger charge is -2.11. The standard InChI is InChI=1S/C18H10BrCl3N2O2S/c19-15-6-5-14(27-15)16-12(21)7-9(8-13(16)22)23-18(26)24-17(25)10-3-1-2-4-11(10)20/h1-8H,(H2,23,24,25,26). The number of halogens is 4. The van der Waals surface area contributed by atoms with Crippen LogP contribution in [0.2, 0.25) is 15.1 Å². The minimum Gasteiger partial charge on any atom is -0.308 e. The Balaban J connectivity index is 1.75. The summed E-state index contributed by atoms with van der Waals surface area (Å²) in [4.78, 5) is 25.1. The van der Waals surface area contributed by atoms with Gasteiger partial charge in [0.15, 0.2) is 0 Å². The van der Waals surface area contributed by atoms with E-state index in [0.29, 0.717) is 21.3 Å². The van der Waals surface area contributed by atoms with Crippen molar-refractivity contribution in [2.24, 2.45) is 0 Å². The number of thiophene rings is 1. The van der Waals surface area contributed by atoms with E-state index in [9.17, 15) is 9.59 Å². The van der Waals surface area contributed by atoms with Crippen molar-refractivity contribution in [3.05, 3.63) is 72.9 Å². The maximum absolute atomic E-state index is 12.1. The summed E-state index contributed by atoms with van der Waals surface area (Å²) < 4.78 is 0.948. The van der Waals surface area contributed by atoms with Crippen LogP contribution < -0.4 is 10.6 Å². The summed E-state index contributed by atoms with van der Waals surface area (Å²) in [7, 11) is 0. The van der Waals surface area contributed by atoms with E-state index < -0.39 is 11.9 Å². The monoisotopic (exact) mass is 502 g/mol. The molecule has 0 aliphatic rings. The van der Waals surface area contributed by atoms with E-state index in [2.05, 4.69) is 26.6 Å². The fourth-order valence-electron chi connectivity index (χ4n) is 2.31. The number of nitrogens with one attached hydrogen (secondary N) is 2. The number of amides is 3. The second-order valence-corrected chi connectivity index (χ2v) is 8.99. The Morgan fingerprint density at radius 1 is 0.926 bits per heavy atom. The summed E-state index contributed by atoms with van der Waals surface area (Å²) in [5, 5.41) is 5.76. The van der Waals surface area contributed by atoms with Crippen LogP contribution in [0.1, 0.15) is 10.4 Å². The normalized spacial score (nSPS) is 10.5. The van der Waals surface area contributed by atoms with Crippen LogP contribution in [0.25, 0.3) is 10.4 Å². The van der Waals surface area contributed by atoms with Crippen LogP contribution >= 0.6 is 62.1 Å². The molecule has 1 aromatic heterocycles. The van der Waals surface area contributed by atoms with Gasteiger partial charge in [-0.25, -0.2) is 4.79 Å². The molecule has 0 atom stereocenters. The average molecular weight is 505 g/mol. The Labute approximate surface area is 182 Å². The zero-order chi connectivity index (χ0) is 19.6. The molecule has 0 saturated heterocycles. The third-order valence-electron chi connectivity index (χ3n) is 3.47. The highest BCUT2D eigenvalue weighted by atomic mass is 79.9. The number of anilines is 1. The fourth-order valence-corrected chi connectivity index (χ4v) is 4.79. The molecule has 9 heteroatoms. The summed E-state index contributed by atoms with van der Waals surface area (Å²) in [6, 6.07) is 12.6. The number of imide groups is 1. The van der Waals surface area contributed by atoms with Gasteiger partial charge in [0.2, 0.25) is 0 Å². The van der Waals surface area contributed by atoms with Crippen molar-refractivity contribution in [1.29, 1.82) is 0 Å². The van der Waals surface area contributed by atoms with Gasteiger partial charge in [-0.05, 0) is 52.3 Å². The van der Waals surface area contributed by atoms with E-state index in [0.717, 1.165) is 8.66 Å². The van der Waals surface area contributed by atoms with Crippen molar-refractivity contribution < 1.29 is 9.59 Å². The summed E-state index contributed by atoms with van der Waals surface area (Å²) in [6.07, 6.45) is 0. The van der Waals surface area contributed by atoms with E-state index in [1.165, 1.54) is 17.4 Å². The molecular weight excluding hydrogens is 495 g/mol. The molecule has 1 heterocycles. The van der Waals surface area contributed by atoms with Crippen LogP contribution in [-0.4, -0.2) is 11.9 Å². The Morgan fingerprint density at radius 3 is 2.19 bits per heavy atom. The van der Waals surface area contributed by atoms with Crippen molar-refractivity contribution in [2.45, 2.75) is 0 Å². The summed E-state index contributed by atoms with van der Waals surface area (Å²) in [5.41, 5.74) is 1.23. The van der Waals surface area contributed by atoms with Gasteiger partial charge in [0.25, 0.3) is 5.91 Å². The Bertz CT molecular complexity index is 1020. The molecule has 3 rings (SSSR count). The van der Waals surface area contributed by atoms with Crippen LogP contribution in [-0.2, 0) is 0 Å². The number of rotatable bonds is 3. The highest BCUT2D eigenvalue weighted by molar-refractivity contribution is 9.11. The average Bonchev–Trinajstić information content (AvgIpc) is 3.00. The first-order chi connectivity index (χ1) is 12.8. The van der Waals surface area contributed by atoms with Crippen molar-refractivity contribution in [3.8, 4) is 10.4 Å². The predicted molar refractivity (Wildman–Crippen MR) is 115 cm³/mol. The van der Waals surface area contributed by atoms with Crippen molar-refractivity contribution in [3.63, 3.8) is 0 Å². The molecular formula is C18H10BrCl3N2O2S. The molecule has 0 aliphatic heterocycles. The number of hydrogen-bond acceptors (Lipinski definition) is 3. The smallest absolute Gasteiger partial charge is 0.308 e. The van der Waals surface area contributed by atoms with E-state index >= 15 is 0 Å². The maximum Gasteiger partial charge on any atom is 0.326 e. The number of urea groups is 1. The van der Waals surface area contributed by atoms with Crippen molar-refractivity contribution >= 4 is 79.7 Å². The maximum atomic E-state index is 12.1. The lowest BCUT2D eigenvalue weighted by molar-refractivity contribution is 0.0967. The van der Waals surface area contributed by atoms with E-state index in [4.69, 9.17) is 34.8 Å². The molecule has 0 bridgehead atoms. The van der Waals surface area contributed by atoms with Crippen LogP contribution in [0.4, 0.5) is 10.5 Å². The van der Waals surface area contributed by atoms with Crippen molar-refractivity contribution in [2.75, 3.05) is 5.32 Å². The first kappa shape index (κ1) is 20.2. The number of hydrogen-bond donors (Lipinski definition) is 2. The fraction of sp³-hybridized carbons (Fsp3) is 0. The van der Waals surface area contributed by atoms with Gasteiger partial charge in [0, 0.05) is 16.1 Å². The van der Waals surface area contributed by atoms with Crippen molar-refractivity contribution in [1.82, 2.24) is 5.32 Å². The van der Waals surface area contributed by atoms with Gasteiger partial charge in [0.05, 0.1) is 24.4 Å². The summed E-state index contributed by atoms with van der Waals surface area (Å²) >= 11 is 23.5.